The van der Waals surface area contributed by atoms with E-state index >= 15 is 0 Å². The Morgan fingerprint density at radius 3 is 2.57 bits per heavy atom. The summed E-state index contributed by atoms with van der Waals surface area (Å²) < 4.78 is 50.7. The Labute approximate surface area is 138 Å². The Hall–Kier alpha value is -1.64. The molecule has 0 saturated heterocycles. The van der Waals surface area contributed by atoms with Crippen molar-refractivity contribution >= 4 is 23.5 Å². The van der Waals surface area contributed by atoms with Crippen molar-refractivity contribution in [3.8, 4) is 11.1 Å². The van der Waals surface area contributed by atoms with Gasteiger partial charge in [-0.2, -0.15) is 17.5 Å². The summed E-state index contributed by atoms with van der Waals surface area (Å²) in [6.45, 7) is 0. The fourth-order valence-electron chi connectivity index (χ4n) is 2.95. The fraction of sp³-hybridized carbons (Fsp3) is 0.200. The maximum Gasteiger partial charge on any atom is 0.433 e. The van der Waals surface area contributed by atoms with Crippen molar-refractivity contribution in [1.29, 1.82) is 0 Å². The number of alkyl halides is 3. The second-order valence-corrected chi connectivity index (χ2v) is 6.68. The van der Waals surface area contributed by atoms with Crippen molar-refractivity contribution in [3.63, 3.8) is 0 Å². The van der Waals surface area contributed by atoms with Crippen LogP contribution in [0.1, 0.15) is 16.7 Å². The number of benzene rings is 2. The number of hydrogen-bond donors (Lipinski definition) is 1. The average Bonchev–Trinajstić information content (AvgIpc) is 2.92. The van der Waals surface area contributed by atoms with Crippen LogP contribution in [0.25, 0.3) is 11.1 Å². The highest BCUT2D eigenvalue weighted by Gasteiger charge is 2.58. The predicted octanol–water partition coefficient (Wildman–Crippen LogP) is 4.59. The van der Waals surface area contributed by atoms with Gasteiger partial charge in [0.25, 0.3) is 5.66 Å². The first-order chi connectivity index (χ1) is 11.0. The van der Waals surface area contributed by atoms with E-state index in [0.29, 0.717) is 29.9 Å². The van der Waals surface area contributed by atoms with Crippen molar-refractivity contribution in [1.82, 2.24) is 4.72 Å². The lowest BCUT2D eigenvalue weighted by atomic mass is 9.95. The topological polar surface area (TPSA) is 36.8 Å². The molecule has 1 aliphatic carbocycles. The smallest absolute Gasteiger partial charge is 0.205 e. The van der Waals surface area contributed by atoms with E-state index in [9.17, 15) is 13.2 Å². The lowest BCUT2D eigenvalue weighted by molar-refractivity contribution is -0.191. The highest BCUT2D eigenvalue weighted by molar-refractivity contribution is 7.99. The van der Waals surface area contributed by atoms with Gasteiger partial charge in [-0.25, -0.2) is 4.72 Å². The lowest BCUT2D eigenvalue weighted by Gasteiger charge is -2.32. The molecule has 2 aliphatic rings. The molecule has 0 amide bonds. The van der Waals surface area contributed by atoms with Crippen molar-refractivity contribution < 1.29 is 13.2 Å². The van der Waals surface area contributed by atoms with Crippen molar-refractivity contribution in [2.45, 2.75) is 18.3 Å². The molecule has 0 saturated carbocycles. The second-order valence-electron chi connectivity index (χ2n) is 5.35. The van der Waals surface area contributed by atoms with Crippen LogP contribution in [0.4, 0.5) is 13.2 Å². The Morgan fingerprint density at radius 2 is 1.83 bits per heavy atom. The molecular weight excluding hydrogens is 343 g/mol. The molecule has 23 heavy (non-hydrogen) atoms. The molecule has 118 valence electrons. The maximum absolute atomic E-state index is 13.7. The molecule has 0 fully saturated rings. The lowest BCUT2D eigenvalue weighted by Crippen LogP contribution is -2.50. The normalized spacial score (nSPS) is 22.4. The highest BCUT2D eigenvalue weighted by atomic mass is 32.2. The molecule has 1 unspecified atom stereocenters. The van der Waals surface area contributed by atoms with Crippen LogP contribution in [0.5, 0.6) is 0 Å². The van der Waals surface area contributed by atoms with E-state index in [1.54, 1.807) is 12.1 Å². The first-order valence-corrected chi connectivity index (χ1v) is 8.32. The van der Waals surface area contributed by atoms with Gasteiger partial charge in [0, 0.05) is 5.56 Å². The van der Waals surface area contributed by atoms with Gasteiger partial charge in [0.15, 0.2) is 0 Å². The molecular formula is C15H10F3N3S2. The molecule has 1 aliphatic heterocycles. The molecule has 1 atom stereocenters. The minimum absolute atomic E-state index is 0.0893. The quantitative estimate of drug-likeness (QED) is 0.650. The van der Waals surface area contributed by atoms with Crippen LogP contribution in [0, 0.1) is 0 Å². The third-order valence-electron chi connectivity index (χ3n) is 4.06. The summed E-state index contributed by atoms with van der Waals surface area (Å²) in [7, 11) is 0. The monoisotopic (exact) mass is 353 g/mol. The number of rotatable bonds is 1. The SMILES string of the molecule is FC(F)(F)C1(c2ccc3c(c2)Cc2ccccc2-3)N=S=NSN1. The minimum atomic E-state index is -4.55. The Balaban J connectivity index is 1.86. The average molecular weight is 353 g/mol. The van der Waals surface area contributed by atoms with Crippen molar-refractivity contribution in [2.24, 2.45) is 8.13 Å². The molecule has 4 rings (SSSR count). The third kappa shape index (κ3) is 2.24. The highest BCUT2D eigenvalue weighted by Crippen LogP contribution is 2.45. The van der Waals surface area contributed by atoms with Gasteiger partial charge in [-0.15, -0.1) is 3.77 Å². The second kappa shape index (κ2) is 5.19. The van der Waals surface area contributed by atoms with Crippen LogP contribution in [0.3, 0.4) is 0 Å². The summed E-state index contributed by atoms with van der Waals surface area (Å²) in [5.41, 5.74) is 1.75. The zero-order valence-corrected chi connectivity index (χ0v) is 13.2. The Morgan fingerprint density at radius 1 is 1.04 bits per heavy atom. The molecule has 0 spiro atoms. The van der Waals surface area contributed by atoms with E-state index < -0.39 is 11.8 Å². The van der Waals surface area contributed by atoms with Crippen molar-refractivity contribution in [2.75, 3.05) is 0 Å². The maximum atomic E-state index is 13.7. The Bertz CT molecular complexity index is 859. The molecule has 2 aromatic rings. The van der Waals surface area contributed by atoms with Crippen LogP contribution < -0.4 is 4.72 Å². The molecule has 8 heteroatoms. The van der Waals surface area contributed by atoms with E-state index in [2.05, 4.69) is 12.9 Å². The predicted molar refractivity (Wildman–Crippen MR) is 85.4 cm³/mol. The standard InChI is InChI=1S/C15H10F3N3S2/c16-15(17,18)14(19-22-21-23-20-14)11-5-6-13-10(8-11)7-9-3-1-2-4-12(9)13/h1-6,8,19H,7H2. The van der Waals surface area contributed by atoms with E-state index in [4.69, 9.17) is 0 Å². The van der Waals surface area contributed by atoms with Gasteiger partial charge in [-0.05, 0) is 28.7 Å². The number of nitrogens with zero attached hydrogens (tertiary/aromatic N) is 2. The molecule has 1 N–H and O–H groups in total. The van der Waals surface area contributed by atoms with Crippen LogP contribution in [-0.4, -0.2) is 6.18 Å². The van der Waals surface area contributed by atoms with Crippen LogP contribution in [-0.2, 0) is 23.4 Å². The number of nitrogens with one attached hydrogen (secondary N) is 1. The summed E-state index contributed by atoms with van der Waals surface area (Å²) in [6.07, 6.45) is -3.92. The summed E-state index contributed by atoms with van der Waals surface area (Å²) in [5, 5.41) is 0. The van der Waals surface area contributed by atoms with E-state index in [1.165, 1.54) is 6.07 Å². The summed E-state index contributed by atoms with van der Waals surface area (Å²) >= 11 is 1.24. The van der Waals surface area contributed by atoms with E-state index in [1.807, 2.05) is 24.3 Å². The molecule has 1 heterocycles. The number of halogens is 3. The molecule has 2 aromatic carbocycles. The third-order valence-corrected chi connectivity index (χ3v) is 5.37. The van der Waals surface area contributed by atoms with Gasteiger partial charge in [-0.1, -0.05) is 42.5 Å². The fourth-order valence-corrected chi connectivity index (χ4v) is 4.21. The van der Waals surface area contributed by atoms with E-state index in [-0.39, 0.29) is 5.56 Å². The molecule has 0 radical (unpaired) electrons. The zero-order chi connectivity index (χ0) is 16.1. The number of fused-ring (bicyclic) bond motifs is 3. The first kappa shape index (κ1) is 14.9. The van der Waals surface area contributed by atoms with Crippen LogP contribution in [0.2, 0.25) is 0 Å². The van der Waals surface area contributed by atoms with Gasteiger partial charge in [0.2, 0.25) is 0 Å². The van der Waals surface area contributed by atoms with Gasteiger partial charge in [0.1, 0.15) is 0 Å². The largest absolute Gasteiger partial charge is 0.433 e. The summed E-state index contributed by atoms with van der Waals surface area (Å²) in [5.74, 6) is 0. The van der Waals surface area contributed by atoms with Gasteiger partial charge < -0.3 is 0 Å². The summed E-state index contributed by atoms with van der Waals surface area (Å²) in [6, 6.07) is 12.7. The van der Waals surface area contributed by atoms with Gasteiger partial charge in [-0.3, -0.25) is 0 Å². The summed E-state index contributed by atoms with van der Waals surface area (Å²) in [4.78, 5) is 0. The number of hydrogen-bond acceptors (Lipinski definition) is 4. The molecule has 3 nitrogen and oxygen atoms in total. The van der Waals surface area contributed by atoms with Gasteiger partial charge in [0.05, 0.1) is 23.5 Å². The Kier molecular flexibility index (Phi) is 3.36. The van der Waals surface area contributed by atoms with Gasteiger partial charge >= 0.3 is 6.18 Å². The molecule has 0 bridgehead atoms. The minimum Gasteiger partial charge on any atom is -0.205 e. The van der Waals surface area contributed by atoms with E-state index in [0.717, 1.165) is 22.3 Å². The zero-order valence-electron chi connectivity index (χ0n) is 11.6. The van der Waals surface area contributed by atoms with Crippen molar-refractivity contribution in [3.05, 3.63) is 59.2 Å². The van der Waals surface area contributed by atoms with Crippen LogP contribution in [0.15, 0.2) is 50.6 Å². The van der Waals surface area contributed by atoms with Crippen LogP contribution >= 0.6 is 12.1 Å². The first-order valence-electron chi connectivity index (χ1n) is 6.81. The molecule has 0 aromatic heterocycles.